The molecule has 0 aliphatic heterocycles. The summed E-state index contributed by atoms with van der Waals surface area (Å²) in [6.07, 6.45) is 6.93. The van der Waals surface area contributed by atoms with Crippen LogP contribution in [0.25, 0.3) is 27.9 Å². The van der Waals surface area contributed by atoms with Crippen LogP contribution in [0.4, 0.5) is 10.3 Å². The van der Waals surface area contributed by atoms with Gasteiger partial charge in [0.25, 0.3) is 0 Å². The molecule has 0 amide bonds. The molecule has 1 aliphatic carbocycles. The first-order valence-corrected chi connectivity index (χ1v) is 10.5. The first kappa shape index (κ1) is 18.9. The van der Waals surface area contributed by atoms with Crippen molar-refractivity contribution < 1.29 is 9.50 Å². The summed E-state index contributed by atoms with van der Waals surface area (Å²) in [4.78, 5) is 16.6. The SMILES string of the molecule is OCc1cnn2c(N[C@@H]3CCc4[nH]c5ccccc5c4C3)nc(-c3cncc(F)c3)nc12. The standard InChI is InChI=1S/C23H20FN7O/c24-15-7-13(9-25-11-15)21-29-22-14(12-32)10-26-31(22)23(30-21)27-16-5-6-20-18(8-16)17-3-1-2-4-19(17)28-20/h1-4,7,9-11,16,28,32H,5-6,8,12H2,(H,27,29,30)/t16-/m1/s1. The van der Waals surface area contributed by atoms with Crippen LogP contribution in [0.15, 0.2) is 48.9 Å². The van der Waals surface area contributed by atoms with Crippen LogP contribution in [0.3, 0.4) is 0 Å². The molecule has 0 radical (unpaired) electrons. The largest absolute Gasteiger partial charge is 0.391 e. The van der Waals surface area contributed by atoms with Gasteiger partial charge in [-0.25, -0.2) is 9.37 Å². The second-order valence-electron chi connectivity index (χ2n) is 8.04. The fourth-order valence-electron chi connectivity index (χ4n) is 4.47. The summed E-state index contributed by atoms with van der Waals surface area (Å²) in [5.74, 6) is 0.364. The molecule has 3 N–H and O–H groups in total. The minimum absolute atomic E-state index is 0.139. The van der Waals surface area contributed by atoms with Crippen LogP contribution >= 0.6 is 0 Å². The van der Waals surface area contributed by atoms with Crippen molar-refractivity contribution in [2.75, 3.05) is 5.32 Å². The zero-order chi connectivity index (χ0) is 21.7. The second kappa shape index (κ2) is 7.38. The number of aromatic nitrogens is 6. The number of benzene rings is 1. The molecule has 4 aromatic heterocycles. The third-order valence-corrected chi connectivity index (χ3v) is 6.00. The van der Waals surface area contributed by atoms with Crippen LogP contribution < -0.4 is 5.32 Å². The number of hydrogen-bond acceptors (Lipinski definition) is 6. The highest BCUT2D eigenvalue weighted by atomic mass is 19.1. The fraction of sp³-hybridized carbons (Fsp3) is 0.217. The molecule has 0 spiro atoms. The molecular formula is C23H20FN7O. The molecule has 1 aliphatic rings. The maximum Gasteiger partial charge on any atom is 0.228 e. The quantitative estimate of drug-likeness (QED) is 0.405. The van der Waals surface area contributed by atoms with E-state index in [2.05, 4.69) is 48.6 Å². The Balaban J connectivity index is 1.40. The summed E-state index contributed by atoms with van der Waals surface area (Å²) in [5, 5.41) is 18.8. The van der Waals surface area contributed by atoms with Crippen molar-refractivity contribution in [2.45, 2.75) is 31.9 Å². The highest BCUT2D eigenvalue weighted by Crippen LogP contribution is 2.30. The van der Waals surface area contributed by atoms with Gasteiger partial charge in [-0.1, -0.05) is 18.2 Å². The van der Waals surface area contributed by atoms with Gasteiger partial charge in [0.1, 0.15) is 5.82 Å². The average molecular weight is 429 g/mol. The van der Waals surface area contributed by atoms with Crippen LogP contribution in [0.2, 0.25) is 0 Å². The number of H-pyrrole nitrogens is 1. The molecule has 0 unspecified atom stereocenters. The van der Waals surface area contributed by atoms with E-state index in [0.29, 0.717) is 28.5 Å². The van der Waals surface area contributed by atoms with Crippen molar-refractivity contribution in [1.29, 1.82) is 0 Å². The minimum Gasteiger partial charge on any atom is -0.391 e. The van der Waals surface area contributed by atoms with Crippen molar-refractivity contribution in [1.82, 2.24) is 29.5 Å². The summed E-state index contributed by atoms with van der Waals surface area (Å²) in [6.45, 7) is -0.205. The van der Waals surface area contributed by atoms with Crippen LogP contribution in [0.5, 0.6) is 0 Å². The third-order valence-electron chi connectivity index (χ3n) is 6.00. The van der Waals surface area contributed by atoms with E-state index < -0.39 is 5.82 Å². The van der Waals surface area contributed by atoms with Gasteiger partial charge < -0.3 is 15.4 Å². The lowest BCUT2D eigenvalue weighted by molar-refractivity contribution is 0.283. The number of aromatic amines is 1. The molecular weight excluding hydrogens is 409 g/mol. The molecule has 0 saturated heterocycles. The Hall–Kier alpha value is -3.85. The number of hydrogen-bond donors (Lipinski definition) is 3. The van der Waals surface area contributed by atoms with E-state index in [0.717, 1.165) is 31.0 Å². The maximum absolute atomic E-state index is 13.8. The molecule has 0 saturated carbocycles. The lowest BCUT2D eigenvalue weighted by atomic mass is 9.91. The monoisotopic (exact) mass is 429 g/mol. The van der Waals surface area contributed by atoms with Crippen LogP contribution in [-0.2, 0) is 19.4 Å². The Kier molecular flexibility index (Phi) is 4.36. The van der Waals surface area contributed by atoms with Crippen molar-refractivity contribution in [2.24, 2.45) is 0 Å². The molecule has 9 heteroatoms. The van der Waals surface area contributed by atoms with Crippen molar-refractivity contribution in [3.63, 3.8) is 0 Å². The molecule has 8 nitrogen and oxygen atoms in total. The summed E-state index contributed by atoms with van der Waals surface area (Å²) in [6, 6.07) is 9.82. The van der Waals surface area contributed by atoms with E-state index in [4.69, 9.17) is 0 Å². The number of aliphatic hydroxyl groups excluding tert-OH is 1. The summed E-state index contributed by atoms with van der Waals surface area (Å²) in [7, 11) is 0. The topological polar surface area (TPSA) is 104 Å². The highest BCUT2D eigenvalue weighted by Gasteiger charge is 2.24. The predicted octanol–water partition coefficient (Wildman–Crippen LogP) is 3.27. The van der Waals surface area contributed by atoms with E-state index in [1.807, 2.05) is 6.07 Å². The predicted molar refractivity (Wildman–Crippen MR) is 118 cm³/mol. The summed E-state index contributed by atoms with van der Waals surface area (Å²) < 4.78 is 15.4. The number of halogens is 1. The minimum atomic E-state index is -0.462. The van der Waals surface area contributed by atoms with E-state index in [9.17, 15) is 9.50 Å². The molecule has 1 aromatic carbocycles. The van der Waals surface area contributed by atoms with E-state index in [1.54, 1.807) is 10.7 Å². The Morgan fingerprint density at radius 1 is 1.19 bits per heavy atom. The normalized spacial score (nSPS) is 15.9. The van der Waals surface area contributed by atoms with Crippen molar-refractivity contribution in [3.8, 4) is 11.4 Å². The Morgan fingerprint density at radius 3 is 2.97 bits per heavy atom. The zero-order valence-electron chi connectivity index (χ0n) is 17.1. The molecule has 6 rings (SSSR count). The van der Waals surface area contributed by atoms with Crippen LogP contribution in [0.1, 0.15) is 23.2 Å². The second-order valence-corrected chi connectivity index (χ2v) is 8.04. The number of aryl methyl sites for hydroxylation is 1. The number of aliphatic hydroxyl groups is 1. The third kappa shape index (κ3) is 3.09. The number of nitrogens with zero attached hydrogens (tertiary/aromatic N) is 5. The fourth-order valence-corrected chi connectivity index (χ4v) is 4.47. The van der Waals surface area contributed by atoms with Gasteiger partial charge in [0.15, 0.2) is 11.5 Å². The van der Waals surface area contributed by atoms with Gasteiger partial charge in [0.2, 0.25) is 5.95 Å². The molecule has 0 bridgehead atoms. The first-order chi connectivity index (χ1) is 15.7. The Bertz CT molecular complexity index is 1460. The summed E-state index contributed by atoms with van der Waals surface area (Å²) >= 11 is 0. The Morgan fingerprint density at radius 2 is 2.09 bits per heavy atom. The van der Waals surface area contributed by atoms with E-state index in [1.165, 1.54) is 28.9 Å². The van der Waals surface area contributed by atoms with Gasteiger partial charge in [-0.3, -0.25) is 4.98 Å². The van der Waals surface area contributed by atoms with E-state index in [-0.39, 0.29) is 12.6 Å². The van der Waals surface area contributed by atoms with Gasteiger partial charge in [-0.2, -0.15) is 14.6 Å². The van der Waals surface area contributed by atoms with Gasteiger partial charge in [0, 0.05) is 40.0 Å². The smallest absolute Gasteiger partial charge is 0.228 e. The number of para-hydroxylation sites is 1. The number of nitrogens with one attached hydrogen (secondary N) is 2. The number of fused-ring (bicyclic) bond motifs is 4. The summed E-state index contributed by atoms with van der Waals surface area (Å²) in [5.41, 5.74) is 5.27. The average Bonchev–Trinajstić information content (AvgIpc) is 3.40. The molecule has 1 atom stereocenters. The molecule has 0 fully saturated rings. The number of pyridine rings is 1. The lowest BCUT2D eigenvalue weighted by Gasteiger charge is -2.24. The van der Waals surface area contributed by atoms with Gasteiger partial charge in [-0.05, 0) is 37.0 Å². The molecule has 4 heterocycles. The first-order valence-electron chi connectivity index (χ1n) is 10.5. The maximum atomic E-state index is 13.8. The number of rotatable bonds is 4. The lowest BCUT2D eigenvalue weighted by Crippen LogP contribution is -2.29. The highest BCUT2D eigenvalue weighted by molar-refractivity contribution is 5.85. The molecule has 32 heavy (non-hydrogen) atoms. The molecule has 5 aromatic rings. The number of anilines is 1. The zero-order valence-corrected chi connectivity index (χ0v) is 17.1. The van der Waals surface area contributed by atoms with E-state index >= 15 is 0 Å². The van der Waals surface area contributed by atoms with Gasteiger partial charge in [-0.15, -0.1) is 0 Å². The van der Waals surface area contributed by atoms with Gasteiger partial charge >= 0.3 is 0 Å². The Labute approximate surface area is 182 Å². The van der Waals surface area contributed by atoms with Crippen LogP contribution in [0, 0.1) is 5.82 Å². The van der Waals surface area contributed by atoms with Gasteiger partial charge in [0.05, 0.1) is 19.0 Å². The van der Waals surface area contributed by atoms with Crippen molar-refractivity contribution >= 4 is 22.5 Å². The van der Waals surface area contributed by atoms with Crippen molar-refractivity contribution in [3.05, 3.63) is 71.6 Å². The molecule has 160 valence electrons. The van der Waals surface area contributed by atoms with Crippen LogP contribution in [-0.4, -0.2) is 40.7 Å².